The molecule has 0 aliphatic rings. The van der Waals surface area contributed by atoms with Gasteiger partial charge in [0.15, 0.2) is 0 Å². The molecule has 3 heteroatoms. The lowest BCUT2D eigenvalue weighted by atomic mass is 9.95. The lowest BCUT2D eigenvalue weighted by Gasteiger charge is -2.13. The predicted octanol–water partition coefficient (Wildman–Crippen LogP) is 3.89. The van der Waals surface area contributed by atoms with Crippen molar-refractivity contribution in [2.75, 3.05) is 6.61 Å². The van der Waals surface area contributed by atoms with Crippen LogP contribution in [0.1, 0.15) is 18.1 Å². The largest absolute Gasteiger partial charge is 0.396 e. The van der Waals surface area contributed by atoms with Crippen LogP contribution in [0.2, 0.25) is 0 Å². The maximum absolute atomic E-state index is 10.4. The molecule has 0 saturated carbocycles. The van der Waals surface area contributed by atoms with Gasteiger partial charge >= 0.3 is 0 Å². The molecular weight excluding hydrogens is 274 g/mol. The number of aromatic nitrogens is 1. The van der Waals surface area contributed by atoms with E-state index in [4.69, 9.17) is 5.11 Å². The van der Waals surface area contributed by atoms with Gasteiger partial charge in [-0.2, -0.15) is 0 Å². The molecule has 0 bridgehead atoms. The van der Waals surface area contributed by atoms with Crippen LogP contribution in [0.25, 0.3) is 32.6 Å². The average molecular weight is 291 g/mol. The minimum Gasteiger partial charge on any atom is -0.396 e. The second kappa shape index (κ2) is 5.13. The maximum atomic E-state index is 10.4. The van der Waals surface area contributed by atoms with Crippen LogP contribution >= 0.6 is 0 Å². The van der Waals surface area contributed by atoms with Gasteiger partial charge in [-0.25, -0.2) is 0 Å². The summed E-state index contributed by atoms with van der Waals surface area (Å²) in [6.07, 6.45) is -0.314. The Kier molecular flexibility index (Phi) is 3.10. The third-order valence-electron chi connectivity index (χ3n) is 4.31. The fourth-order valence-corrected chi connectivity index (χ4v) is 3.30. The van der Waals surface area contributed by atoms with Gasteiger partial charge in [-0.1, -0.05) is 42.5 Å². The Morgan fingerprint density at radius 3 is 2.59 bits per heavy atom. The molecule has 1 unspecified atom stereocenters. The van der Waals surface area contributed by atoms with Crippen molar-refractivity contribution in [3.63, 3.8) is 0 Å². The molecule has 1 atom stereocenters. The molecule has 1 heterocycles. The molecule has 0 fully saturated rings. The van der Waals surface area contributed by atoms with Gasteiger partial charge in [-0.05, 0) is 28.5 Å². The number of fused-ring (bicyclic) bond motifs is 5. The second-order valence-electron chi connectivity index (χ2n) is 5.63. The Bertz CT molecular complexity index is 971. The van der Waals surface area contributed by atoms with Crippen molar-refractivity contribution in [2.24, 2.45) is 0 Å². The summed E-state index contributed by atoms with van der Waals surface area (Å²) >= 11 is 0. The van der Waals surface area contributed by atoms with Crippen molar-refractivity contribution >= 4 is 32.6 Å². The van der Waals surface area contributed by atoms with Crippen LogP contribution in [0.3, 0.4) is 0 Å². The van der Waals surface area contributed by atoms with Gasteiger partial charge in [-0.3, -0.25) is 0 Å². The lowest BCUT2D eigenvalue weighted by molar-refractivity contribution is 0.135. The number of nitrogens with one attached hydrogen (secondary N) is 1. The zero-order chi connectivity index (χ0) is 15.1. The summed E-state index contributed by atoms with van der Waals surface area (Å²) in [5.74, 6) is 0. The first-order chi connectivity index (χ1) is 10.8. The molecule has 0 spiro atoms. The Morgan fingerprint density at radius 2 is 1.73 bits per heavy atom. The number of benzene rings is 3. The molecule has 3 aromatic carbocycles. The lowest BCUT2D eigenvalue weighted by Crippen LogP contribution is -2.01. The van der Waals surface area contributed by atoms with Crippen molar-refractivity contribution in [1.82, 2.24) is 4.98 Å². The van der Waals surface area contributed by atoms with E-state index >= 15 is 0 Å². The smallest absolute Gasteiger partial charge is 0.0818 e. The summed E-state index contributed by atoms with van der Waals surface area (Å²) in [7, 11) is 0. The fraction of sp³-hybridized carbons (Fsp3) is 0.158. The first kappa shape index (κ1) is 13.3. The Morgan fingerprint density at radius 1 is 0.864 bits per heavy atom. The zero-order valence-corrected chi connectivity index (χ0v) is 12.1. The van der Waals surface area contributed by atoms with Crippen molar-refractivity contribution < 1.29 is 10.2 Å². The molecule has 0 radical (unpaired) electrons. The molecule has 110 valence electrons. The summed E-state index contributed by atoms with van der Waals surface area (Å²) in [4.78, 5) is 3.44. The third kappa shape index (κ3) is 1.90. The first-order valence-electron chi connectivity index (χ1n) is 7.50. The normalized spacial score (nSPS) is 13.2. The molecule has 22 heavy (non-hydrogen) atoms. The highest BCUT2D eigenvalue weighted by atomic mass is 16.3. The van der Waals surface area contributed by atoms with Gasteiger partial charge in [0.05, 0.1) is 6.10 Å². The Balaban J connectivity index is 2.17. The summed E-state index contributed by atoms with van der Waals surface area (Å²) in [6, 6.07) is 18.3. The van der Waals surface area contributed by atoms with Crippen LogP contribution in [0, 0.1) is 0 Å². The molecule has 0 amide bonds. The number of aliphatic hydroxyl groups is 2. The van der Waals surface area contributed by atoms with Crippen molar-refractivity contribution in [3.05, 3.63) is 60.2 Å². The molecule has 0 saturated heterocycles. The van der Waals surface area contributed by atoms with E-state index in [0.717, 1.165) is 38.1 Å². The van der Waals surface area contributed by atoms with Gasteiger partial charge in [-0.15, -0.1) is 0 Å². The monoisotopic (exact) mass is 291 g/mol. The van der Waals surface area contributed by atoms with E-state index < -0.39 is 6.10 Å². The first-order valence-corrected chi connectivity index (χ1v) is 7.50. The highest BCUT2D eigenvalue weighted by molar-refractivity contribution is 6.21. The van der Waals surface area contributed by atoms with E-state index in [1.807, 2.05) is 24.3 Å². The second-order valence-corrected chi connectivity index (χ2v) is 5.63. The number of hydrogen-bond acceptors (Lipinski definition) is 2. The summed E-state index contributed by atoms with van der Waals surface area (Å²) in [5, 5.41) is 24.0. The SMILES string of the molecule is OCCC(O)c1cccc2ccc3[nH]c4ccccc4c3c12. The van der Waals surface area contributed by atoms with E-state index in [1.165, 1.54) is 0 Å². The fourth-order valence-electron chi connectivity index (χ4n) is 3.30. The Hall–Kier alpha value is -2.36. The van der Waals surface area contributed by atoms with E-state index in [0.29, 0.717) is 6.42 Å². The molecule has 0 aliphatic carbocycles. The molecule has 4 rings (SSSR count). The van der Waals surface area contributed by atoms with Gasteiger partial charge in [0.25, 0.3) is 0 Å². The number of hydrogen-bond donors (Lipinski definition) is 3. The van der Waals surface area contributed by atoms with Crippen molar-refractivity contribution in [3.8, 4) is 0 Å². The number of aliphatic hydroxyl groups excluding tert-OH is 2. The standard InChI is InChI=1S/C19H17NO2/c21-11-10-17(22)14-6-3-4-12-8-9-16-19(18(12)14)13-5-1-2-7-15(13)20-16/h1-9,17,20-22H,10-11H2. The van der Waals surface area contributed by atoms with Gasteiger partial charge in [0.1, 0.15) is 0 Å². The summed E-state index contributed by atoms with van der Waals surface area (Å²) in [5.41, 5.74) is 3.04. The van der Waals surface area contributed by atoms with Crippen LogP contribution in [0.4, 0.5) is 0 Å². The highest BCUT2D eigenvalue weighted by Crippen LogP contribution is 2.36. The number of rotatable bonds is 3. The van der Waals surface area contributed by atoms with Crippen LogP contribution in [-0.4, -0.2) is 21.8 Å². The molecule has 3 N–H and O–H groups in total. The maximum Gasteiger partial charge on any atom is 0.0818 e. The molecule has 3 nitrogen and oxygen atoms in total. The van der Waals surface area contributed by atoms with Crippen molar-refractivity contribution in [1.29, 1.82) is 0 Å². The number of aromatic amines is 1. The van der Waals surface area contributed by atoms with E-state index in [1.54, 1.807) is 0 Å². The third-order valence-corrected chi connectivity index (χ3v) is 4.31. The predicted molar refractivity (Wildman–Crippen MR) is 90.0 cm³/mol. The molecule has 1 aromatic heterocycles. The summed E-state index contributed by atoms with van der Waals surface area (Å²) < 4.78 is 0. The summed E-state index contributed by atoms with van der Waals surface area (Å²) in [6.45, 7) is -0.0264. The minimum atomic E-state index is -0.659. The highest BCUT2D eigenvalue weighted by Gasteiger charge is 2.15. The van der Waals surface area contributed by atoms with Gasteiger partial charge in [0, 0.05) is 34.8 Å². The quantitative estimate of drug-likeness (QED) is 0.536. The van der Waals surface area contributed by atoms with E-state index in [9.17, 15) is 5.11 Å². The van der Waals surface area contributed by atoms with E-state index in [2.05, 4.69) is 35.3 Å². The molecule has 0 aliphatic heterocycles. The Labute approximate surface area is 127 Å². The number of H-pyrrole nitrogens is 1. The van der Waals surface area contributed by atoms with Crippen LogP contribution < -0.4 is 0 Å². The topological polar surface area (TPSA) is 56.2 Å². The van der Waals surface area contributed by atoms with Crippen LogP contribution in [0.15, 0.2) is 54.6 Å². The van der Waals surface area contributed by atoms with E-state index in [-0.39, 0.29) is 6.61 Å². The number of para-hydroxylation sites is 1. The van der Waals surface area contributed by atoms with Gasteiger partial charge < -0.3 is 15.2 Å². The minimum absolute atomic E-state index is 0.0264. The van der Waals surface area contributed by atoms with Gasteiger partial charge in [0.2, 0.25) is 0 Å². The zero-order valence-electron chi connectivity index (χ0n) is 12.1. The molecular formula is C19H17NO2. The molecule has 4 aromatic rings. The van der Waals surface area contributed by atoms with Crippen molar-refractivity contribution in [2.45, 2.75) is 12.5 Å². The van der Waals surface area contributed by atoms with Crippen LogP contribution in [0.5, 0.6) is 0 Å². The average Bonchev–Trinajstić information content (AvgIpc) is 2.93. The van der Waals surface area contributed by atoms with Crippen LogP contribution in [-0.2, 0) is 0 Å².